The minimum absolute atomic E-state index is 0.0696. The van der Waals surface area contributed by atoms with E-state index in [9.17, 15) is 14.7 Å². The molecule has 0 heterocycles. The molecule has 0 spiro atoms. The molecule has 0 aliphatic carbocycles. The quantitative estimate of drug-likeness (QED) is 0.590. The number of carboxylic acid groups (broad SMARTS) is 1. The SMILES string of the molecule is Cc1cc2ccccc2c(-c2ccccc2CNC(=O)OC(C)(C)C)c1CC(=O)O. The van der Waals surface area contributed by atoms with Crippen molar-refractivity contribution in [2.45, 2.75) is 46.3 Å². The average molecular weight is 405 g/mol. The van der Waals surface area contributed by atoms with Crippen LogP contribution < -0.4 is 5.32 Å². The van der Waals surface area contributed by atoms with Gasteiger partial charge in [-0.2, -0.15) is 0 Å². The van der Waals surface area contributed by atoms with Crippen LogP contribution in [0.2, 0.25) is 0 Å². The van der Waals surface area contributed by atoms with Crippen molar-refractivity contribution in [2.24, 2.45) is 0 Å². The summed E-state index contributed by atoms with van der Waals surface area (Å²) in [5, 5.41) is 14.4. The molecule has 0 aromatic heterocycles. The van der Waals surface area contributed by atoms with E-state index in [2.05, 4.69) is 5.32 Å². The summed E-state index contributed by atoms with van der Waals surface area (Å²) in [6.45, 7) is 7.67. The molecule has 0 saturated heterocycles. The van der Waals surface area contributed by atoms with Gasteiger partial charge >= 0.3 is 12.1 Å². The molecule has 5 heteroatoms. The Morgan fingerprint density at radius 2 is 1.70 bits per heavy atom. The maximum Gasteiger partial charge on any atom is 0.407 e. The zero-order chi connectivity index (χ0) is 21.9. The lowest BCUT2D eigenvalue weighted by molar-refractivity contribution is -0.136. The fourth-order valence-corrected chi connectivity index (χ4v) is 3.62. The molecule has 2 N–H and O–H groups in total. The van der Waals surface area contributed by atoms with E-state index in [0.717, 1.165) is 38.6 Å². The van der Waals surface area contributed by atoms with Gasteiger partial charge in [0.15, 0.2) is 0 Å². The smallest absolute Gasteiger partial charge is 0.407 e. The van der Waals surface area contributed by atoms with Gasteiger partial charge in [-0.15, -0.1) is 0 Å². The van der Waals surface area contributed by atoms with Crippen molar-refractivity contribution >= 4 is 22.8 Å². The number of ether oxygens (including phenoxy) is 1. The number of rotatable bonds is 5. The van der Waals surface area contributed by atoms with Crippen LogP contribution in [0.4, 0.5) is 4.79 Å². The molecule has 156 valence electrons. The van der Waals surface area contributed by atoms with Crippen molar-refractivity contribution in [2.75, 3.05) is 0 Å². The maximum absolute atomic E-state index is 12.1. The lowest BCUT2D eigenvalue weighted by atomic mass is 9.86. The molecule has 0 atom stereocenters. The molecule has 0 unspecified atom stereocenters. The Hall–Kier alpha value is -3.34. The standard InChI is InChI=1S/C25H27NO4/c1-16-13-17-9-5-7-11-19(17)23(21(16)14-22(27)28)20-12-8-6-10-18(20)15-26-24(29)30-25(2,3)4/h5-13H,14-15H2,1-4H3,(H,26,29)(H,27,28). The number of fused-ring (bicyclic) bond motifs is 1. The molecule has 0 radical (unpaired) electrons. The Bertz CT molecular complexity index is 1100. The minimum atomic E-state index is -0.876. The highest BCUT2D eigenvalue weighted by Gasteiger charge is 2.19. The Balaban J connectivity index is 2.10. The Kier molecular flexibility index (Phi) is 6.11. The van der Waals surface area contributed by atoms with Crippen LogP contribution >= 0.6 is 0 Å². The van der Waals surface area contributed by atoms with E-state index in [-0.39, 0.29) is 13.0 Å². The molecule has 3 aromatic carbocycles. The largest absolute Gasteiger partial charge is 0.481 e. The summed E-state index contributed by atoms with van der Waals surface area (Å²) >= 11 is 0. The first-order chi connectivity index (χ1) is 14.2. The second kappa shape index (κ2) is 8.57. The molecule has 0 saturated carbocycles. The third-order valence-electron chi connectivity index (χ3n) is 4.82. The Labute approximate surface area is 176 Å². The van der Waals surface area contributed by atoms with Gasteiger partial charge in [-0.3, -0.25) is 4.79 Å². The highest BCUT2D eigenvalue weighted by molar-refractivity contribution is 6.01. The zero-order valence-electron chi connectivity index (χ0n) is 17.8. The second-order valence-electron chi connectivity index (χ2n) is 8.35. The number of hydrogen-bond donors (Lipinski definition) is 2. The summed E-state index contributed by atoms with van der Waals surface area (Å²) in [5.41, 5.74) is 3.84. The first-order valence-electron chi connectivity index (χ1n) is 9.94. The molecular formula is C25H27NO4. The maximum atomic E-state index is 12.1. The van der Waals surface area contributed by atoms with E-state index in [4.69, 9.17) is 4.74 Å². The van der Waals surface area contributed by atoms with Crippen molar-refractivity contribution in [3.05, 3.63) is 71.3 Å². The van der Waals surface area contributed by atoms with Gasteiger partial charge < -0.3 is 15.2 Å². The number of aryl methyl sites for hydroxylation is 1. The number of aliphatic carboxylic acids is 1. The fraction of sp³-hybridized carbons (Fsp3) is 0.280. The third-order valence-corrected chi connectivity index (χ3v) is 4.82. The topological polar surface area (TPSA) is 75.6 Å². The number of carbonyl (C=O) groups excluding carboxylic acids is 1. The van der Waals surface area contributed by atoms with Crippen molar-refractivity contribution in [3.63, 3.8) is 0 Å². The van der Waals surface area contributed by atoms with Crippen LogP contribution in [0.1, 0.15) is 37.5 Å². The number of carboxylic acids is 1. The second-order valence-corrected chi connectivity index (χ2v) is 8.35. The average Bonchev–Trinajstić information content (AvgIpc) is 2.66. The summed E-state index contributed by atoms with van der Waals surface area (Å²) in [5.74, 6) is -0.876. The van der Waals surface area contributed by atoms with Crippen LogP contribution in [-0.2, 0) is 22.5 Å². The summed E-state index contributed by atoms with van der Waals surface area (Å²) in [4.78, 5) is 23.7. The molecular weight excluding hydrogens is 378 g/mol. The highest BCUT2D eigenvalue weighted by Crippen LogP contribution is 2.36. The van der Waals surface area contributed by atoms with Gasteiger partial charge in [-0.25, -0.2) is 4.79 Å². The van der Waals surface area contributed by atoms with Gasteiger partial charge in [-0.05, 0) is 66.3 Å². The Morgan fingerprint density at radius 3 is 2.40 bits per heavy atom. The summed E-state index contributed by atoms with van der Waals surface area (Å²) in [7, 11) is 0. The van der Waals surface area contributed by atoms with Crippen LogP contribution in [-0.4, -0.2) is 22.8 Å². The molecule has 1 amide bonds. The number of alkyl carbamates (subject to hydrolysis) is 1. The van der Waals surface area contributed by atoms with E-state index in [0.29, 0.717) is 0 Å². The van der Waals surface area contributed by atoms with Crippen LogP contribution in [0.25, 0.3) is 21.9 Å². The monoisotopic (exact) mass is 405 g/mol. The van der Waals surface area contributed by atoms with Crippen LogP contribution in [0.15, 0.2) is 54.6 Å². The lowest BCUT2D eigenvalue weighted by Gasteiger charge is -2.21. The molecule has 0 aliphatic heterocycles. The predicted molar refractivity (Wildman–Crippen MR) is 119 cm³/mol. The number of benzene rings is 3. The normalized spacial score (nSPS) is 11.3. The van der Waals surface area contributed by atoms with E-state index in [1.54, 1.807) is 0 Å². The van der Waals surface area contributed by atoms with Crippen LogP contribution in [0.3, 0.4) is 0 Å². The van der Waals surface area contributed by atoms with Gasteiger partial charge in [0.1, 0.15) is 5.60 Å². The van der Waals surface area contributed by atoms with Crippen molar-refractivity contribution < 1.29 is 19.4 Å². The molecule has 5 nitrogen and oxygen atoms in total. The zero-order valence-corrected chi connectivity index (χ0v) is 17.8. The number of nitrogens with one attached hydrogen (secondary N) is 1. The number of amides is 1. The Morgan fingerprint density at radius 1 is 1.03 bits per heavy atom. The van der Waals surface area contributed by atoms with E-state index >= 15 is 0 Å². The van der Waals surface area contributed by atoms with Gasteiger partial charge in [0.05, 0.1) is 6.42 Å². The predicted octanol–water partition coefficient (Wildman–Crippen LogP) is 5.47. The van der Waals surface area contributed by atoms with Crippen molar-refractivity contribution in [3.8, 4) is 11.1 Å². The molecule has 30 heavy (non-hydrogen) atoms. The molecule has 3 aromatic rings. The first kappa shape index (κ1) is 21.4. The first-order valence-corrected chi connectivity index (χ1v) is 9.94. The molecule has 3 rings (SSSR count). The van der Waals surface area contributed by atoms with Crippen LogP contribution in [0.5, 0.6) is 0 Å². The number of hydrogen-bond acceptors (Lipinski definition) is 3. The minimum Gasteiger partial charge on any atom is -0.481 e. The third kappa shape index (κ3) is 4.98. The van der Waals surface area contributed by atoms with E-state index in [1.165, 1.54) is 0 Å². The summed E-state index contributed by atoms with van der Waals surface area (Å²) < 4.78 is 5.34. The van der Waals surface area contributed by atoms with Crippen molar-refractivity contribution in [1.82, 2.24) is 5.32 Å². The summed E-state index contributed by atoms with van der Waals surface area (Å²) in [6, 6.07) is 17.7. The molecule has 0 aliphatic rings. The van der Waals surface area contributed by atoms with Gasteiger partial charge in [0.25, 0.3) is 0 Å². The number of carbonyl (C=O) groups is 2. The van der Waals surface area contributed by atoms with Crippen LogP contribution in [0, 0.1) is 6.92 Å². The van der Waals surface area contributed by atoms with Gasteiger partial charge in [0, 0.05) is 6.54 Å². The van der Waals surface area contributed by atoms with E-state index < -0.39 is 17.7 Å². The van der Waals surface area contributed by atoms with Gasteiger partial charge in [-0.1, -0.05) is 54.6 Å². The van der Waals surface area contributed by atoms with E-state index in [1.807, 2.05) is 82.3 Å². The fourth-order valence-electron chi connectivity index (χ4n) is 3.62. The molecule has 0 fully saturated rings. The highest BCUT2D eigenvalue weighted by atomic mass is 16.6. The van der Waals surface area contributed by atoms with Gasteiger partial charge in [0.2, 0.25) is 0 Å². The summed E-state index contributed by atoms with van der Waals surface area (Å²) in [6.07, 6.45) is -0.558. The van der Waals surface area contributed by atoms with Crippen molar-refractivity contribution in [1.29, 1.82) is 0 Å². The lowest BCUT2D eigenvalue weighted by Crippen LogP contribution is -2.32. The molecule has 0 bridgehead atoms.